The van der Waals surface area contributed by atoms with Gasteiger partial charge < -0.3 is 9.88 Å². The Balaban J connectivity index is 2.00. The van der Waals surface area contributed by atoms with Crippen LogP contribution in [0.5, 0.6) is 0 Å². The van der Waals surface area contributed by atoms with Crippen molar-refractivity contribution in [3.05, 3.63) is 77.4 Å². The Morgan fingerprint density at radius 2 is 1.50 bits per heavy atom. The second-order valence-electron chi connectivity index (χ2n) is 6.71. The summed E-state index contributed by atoms with van der Waals surface area (Å²) < 4.78 is 40.7. The predicted molar refractivity (Wildman–Crippen MR) is 104 cm³/mol. The molecule has 1 amide bonds. The molecule has 0 saturated carbocycles. The molecule has 0 saturated heterocycles. The minimum absolute atomic E-state index is 0.190. The molecule has 0 spiro atoms. The summed E-state index contributed by atoms with van der Waals surface area (Å²) in [6, 6.07) is 16.4. The van der Waals surface area contributed by atoms with E-state index in [2.05, 4.69) is 5.32 Å². The maximum atomic E-state index is 12.9. The third kappa shape index (κ3) is 2.91. The van der Waals surface area contributed by atoms with Crippen molar-refractivity contribution < 1.29 is 18.0 Å². The Morgan fingerprint density at radius 3 is 2.11 bits per heavy atom. The van der Waals surface area contributed by atoms with Gasteiger partial charge in [-0.05, 0) is 61.5 Å². The molecule has 0 radical (unpaired) electrons. The second kappa shape index (κ2) is 6.41. The molecule has 0 bridgehead atoms. The van der Waals surface area contributed by atoms with Crippen LogP contribution in [0.2, 0.25) is 0 Å². The summed E-state index contributed by atoms with van der Waals surface area (Å²) in [5.74, 6) is -0.190. The number of halogens is 3. The minimum atomic E-state index is -4.38. The lowest BCUT2D eigenvalue weighted by Crippen LogP contribution is -2.17. The summed E-state index contributed by atoms with van der Waals surface area (Å²) in [6.45, 7) is 1.98. The van der Waals surface area contributed by atoms with E-state index < -0.39 is 11.7 Å². The molecule has 1 heterocycles. The van der Waals surface area contributed by atoms with Crippen LogP contribution in [-0.4, -0.2) is 17.5 Å². The number of hydrogen-bond donors (Lipinski definition) is 1. The first-order valence-electron chi connectivity index (χ1n) is 8.74. The van der Waals surface area contributed by atoms with Gasteiger partial charge in [0.15, 0.2) is 0 Å². The third-order valence-electron chi connectivity index (χ3n) is 4.86. The standard InChI is InChI=1S/C22H17F3N2O/c1-13-3-9-19-17(11-13)18-12-14(21(28)26-2)4-10-20(18)27(19)16-7-5-15(6-8-16)22(23,24)25/h3-12H,1-2H3,(H,26,28). The number of rotatable bonds is 2. The van der Waals surface area contributed by atoms with E-state index in [0.29, 0.717) is 11.3 Å². The topological polar surface area (TPSA) is 34.0 Å². The van der Waals surface area contributed by atoms with Crippen LogP contribution in [0, 0.1) is 6.92 Å². The fourth-order valence-corrected chi connectivity index (χ4v) is 3.50. The number of carbonyl (C=O) groups is 1. The van der Waals surface area contributed by atoms with E-state index in [4.69, 9.17) is 0 Å². The van der Waals surface area contributed by atoms with E-state index >= 15 is 0 Å². The number of hydrogen-bond acceptors (Lipinski definition) is 1. The molecule has 1 N–H and O–H groups in total. The van der Waals surface area contributed by atoms with E-state index in [1.807, 2.05) is 41.8 Å². The van der Waals surface area contributed by atoms with E-state index in [1.165, 1.54) is 12.1 Å². The maximum Gasteiger partial charge on any atom is 0.416 e. The molecule has 3 aromatic carbocycles. The molecule has 0 aliphatic heterocycles. The maximum absolute atomic E-state index is 12.9. The van der Waals surface area contributed by atoms with Crippen molar-refractivity contribution in [2.45, 2.75) is 13.1 Å². The lowest BCUT2D eigenvalue weighted by Gasteiger charge is -2.11. The quantitative estimate of drug-likeness (QED) is 0.490. The summed E-state index contributed by atoms with van der Waals surface area (Å²) >= 11 is 0. The van der Waals surface area contributed by atoms with Crippen LogP contribution in [0.25, 0.3) is 27.5 Å². The zero-order chi connectivity index (χ0) is 20.1. The zero-order valence-corrected chi connectivity index (χ0v) is 15.3. The highest BCUT2D eigenvalue weighted by Crippen LogP contribution is 2.35. The molecular weight excluding hydrogens is 365 g/mol. The van der Waals surface area contributed by atoms with Gasteiger partial charge in [0.1, 0.15) is 0 Å². The minimum Gasteiger partial charge on any atom is -0.355 e. The first-order valence-corrected chi connectivity index (χ1v) is 8.74. The number of fused-ring (bicyclic) bond motifs is 3. The van der Waals surface area contributed by atoms with Gasteiger partial charge in [0.2, 0.25) is 0 Å². The Morgan fingerprint density at radius 1 is 0.893 bits per heavy atom. The number of amides is 1. The number of alkyl halides is 3. The zero-order valence-electron chi connectivity index (χ0n) is 15.3. The number of nitrogens with zero attached hydrogens (tertiary/aromatic N) is 1. The van der Waals surface area contributed by atoms with Crippen LogP contribution in [0.15, 0.2) is 60.7 Å². The first kappa shape index (κ1) is 18.1. The normalized spacial score (nSPS) is 11.9. The number of aryl methyl sites for hydroxylation is 1. The Kier molecular flexibility index (Phi) is 4.14. The lowest BCUT2D eigenvalue weighted by atomic mass is 10.1. The molecule has 0 atom stereocenters. The number of benzene rings is 3. The molecule has 4 aromatic rings. The largest absolute Gasteiger partial charge is 0.416 e. The van der Waals surface area contributed by atoms with Gasteiger partial charge in [-0.25, -0.2) is 0 Å². The van der Waals surface area contributed by atoms with Gasteiger partial charge in [0.05, 0.1) is 16.6 Å². The van der Waals surface area contributed by atoms with E-state index in [-0.39, 0.29) is 5.91 Å². The van der Waals surface area contributed by atoms with Gasteiger partial charge in [-0.2, -0.15) is 13.2 Å². The second-order valence-corrected chi connectivity index (χ2v) is 6.71. The van der Waals surface area contributed by atoms with Gasteiger partial charge >= 0.3 is 6.18 Å². The van der Waals surface area contributed by atoms with Crippen LogP contribution >= 0.6 is 0 Å². The summed E-state index contributed by atoms with van der Waals surface area (Å²) in [7, 11) is 1.57. The highest BCUT2D eigenvalue weighted by molar-refractivity contribution is 6.11. The van der Waals surface area contributed by atoms with Gasteiger partial charge in [-0.15, -0.1) is 0 Å². The summed E-state index contributed by atoms with van der Waals surface area (Å²) in [4.78, 5) is 12.0. The SMILES string of the molecule is CNC(=O)c1ccc2c(c1)c1cc(C)ccc1n2-c1ccc(C(F)(F)F)cc1. The van der Waals surface area contributed by atoms with Gasteiger partial charge in [-0.1, -0.05) is 11.6 Å². The molecule has 4 rings (SSSR count). The molecule has 0 unspecified atom stereocenters. The highest BCUT2D eigenvalue weighted by atomic mass is 19.4. The Bertz CT molecular complexity index is 1200. The predicted octanol–water partition coefficient (Wildman–Crippen LogP) is 5.47. The summed E-state index contributed by atoms with van der Waals surface area (Å²) in [5.41, 5.74) is 3.23. The van der Waals surface area contributed by atoms with Crippen molar-refractivity contribution >= 4 is 27.7 Å². The van der Waals surface area contributed by atoms with Gasteiger partial charge in [0, 0.05) is 29.1 Å². The fourth-order valence-electron chi connectivity index (χ4n) is 3.50. The van der Waals surface area contributed by atoms with Crippen molar-refractivity contribution in [3.63, 3.8) is 0 Å². The third-order valence-corrected chi connectivity index (χ3v) is 4.86. The van der Waals surface area contributed by atoms with Crippen LogP contribution in [0.4, 0.5) is 13.2 Å². The fraction of sp³-hybridized carbons (Fsp3) is 0.136. The molecular formula is C22H17F3N2O. The number of nitrogens with one attached hydrogen (secondary N) is 1. The molecule has 0 fully saturated rings. The molecule has 1 aromatic heterocycles. The number of aromatic nitrogens is 1. The van der Waals surface area contributed by atoms with Crippen LogP contribution in [0.1, 0.15) is 21.5 Å². The van der Waals surface area contributed by atoms with Crippen molar-refractivity contribution in [2.75, 3.05) is 7.05 Å². The van der Waals surface area contributed by atoms with Crippen molar-refractivity contribution in [2.24, 2.45) is 0 Å². The first-order chi connectivity index (χ1) is 13.3. The summed E-state index contributed by atoms with van der Waals surface area (Å²) in [5, 5.41) is 4.43. The smallest absolute Gasteiger partial charge is 0.355 e. The molecule has 28 heavy (non-hydrogen) atoms. The molecule has 0 aliphatic rings. The number of carbonyl (C=O) groups excluding carboxylic acids is 1. The van der Waals surface area contributed by atoms with E-state index in [9.17, 15) is 18.0 Å². The average Bonchev–Trinajstić information content (AvgIpc) is 2.99. The molecule has 6 heteroatoms. The van der Waals surface area contributed by atoms with Crippen LogP contribution in [0.3, 0.4) is 0 Å². The van der Waals surface area contributed by atoms with Crippen molar-refractivity contribution in [3.8, 4) is 5.69 Å². The van der Waals surface area contributed by atoms with Gasteiger partial charge in [-0.3, -0.25) is 4.79 Å². The van der Waals surface area contributed by atoms with Crippen molar-refractivity contribution in [1.82, 2.24) is 9.88 Å². The van der Waals surface area contributed by atoms with Crippen LogP contribution in [-0.2, 0) is 6.18 Å². The molecule has 3 nitrogen and oxygen atoms in total. The average molecular weight is 382 g/mol. The summed E-state index contributed by atoms with van der Waals surface area (Å²) in [6.07, 6.45) is -4.38. The highest BCUT2D eigenvalue weighted by Gasteiger charge is 2.30. The van der Waals surface area contributed by atoms with E-state index in [1.54, 1.807) is 13.1 Å². The van der Waals surface area contributed by atoms with Crippen molar-refractivity contribution in [1.29, 1.82) is 0 Å². The Hall–Kier alpha value is -3.28. The monoisotopic (exact) mass is 382 g/mol. The molecule has 0 aliphatic carbocycles. The van der Waals surface area contributed by atoms with E-state index in [0.717, 1.165) is 39.5 Å². The van der Waals surface area contributed by atoms with Crippen LogP contribution < -0.4 is 5.32 Å². The Labute approximate surface area is 159 Å². The molecule has 142 valence electrons. The lowest BCUT2D eigenvalue weighted by molar-refractivity contribution is -0.137. The van der Waals surface area contributed by atoms with Gasteiger partial charge in [0.25, 0.3) is 5.91 Å².